The average molecular weight is 232 g/mol. The van der Waals surface area contributed by atoms with Crippen LogP contribution in [0.1, 0.15) is 46.5 Å². The Morgan fingerprint density at radius 1 is 1.27 bits per heavy atom. The molecule has 0 spiro atoms. The van der Waals surface area contributed by atoms with Crippen molar-refractivity contribution < 1.29 is 13.2 Å². The predicted octanol–water partition coefficient (Wildman–Crippen LogP) is 1.96. The van der Waals surface area contributed by atoms with Gasteiger partial charge >= 0.3 is 0 Å². The molecule has 0 aromatic carbocycles. The van der Waals surface area contributed by atoms with Gasteiger partial charge in [0.15, 0.2) is 9.84 Å². The van der Waals surface area contributed by atoms with Gasteiger partial charge in [0, 0.05) is 12.8 Å². The van der Waals surface area contributed by atoms with E-state index in [4.69, 9.17) is 0 Å². The van der Waals surface area contributed by atoms with E-state index in [0.717, 1.165) is 6.42 Å². The minimum Gasteiger partial charge on any atom is -0.300 e. The maximum Gasteiger partial charge on any atom is 0.156 e. The van der Waals surface area contributed by atoms with Gasteiger partial charge < -0.3 is 0 Å². The molecule has 0 radical (unpaired) electrons. The van der Waals surface area contributed by atoms with Gasteiger partial charge in [0.05, 0.1) is 10.5 Å². The van der Waals surface area contributed by atoms with Gasteiger partial charge in [0.2, 0.25) is 0 Å². The molecule has 2 unspecified atom stereocenters. The maximum absolute atomic E-state index is 12.1. The van der Waals surface area contributed by atoms with Gasteiger partial charge in [-0.3, -0.25) is 4.79 Å². The molecule has 0 heterocycles. The van der Waals surface area contributed by atoms with E-state index in [1.54, 1.807) is 6.92 Å². The van der Waals surface area contributed by atoms with Crippen LogP contribution in [0.2, 0.25) is 0 Å². The summed E-state index contributed by atoms with van der Waals surface area (Å²) in [6.45, 7) is 5.57. The highest BCUT2D eigenvalue weighted by Crippen LogP contribution is 2.26. The zero-order valence-corrected chi connectivity index (χ0v) is 10.5. The Morgan fingerprint density at radius 2 is 1.87 bits per heavy atom. The molecule has 0 aliphatic heterocycles. The molecule has 1 fully saturated rings. The van der Waals surface area contributed by atoms with E-state index in [-0.39, 0.29) is 23.4 Å². The summed E-state index contributed by atoms with van der Waals surface area (Å²) in [4.78, 5) is 11.2. The SMILES string of the molecule is CC(C)C(C)S(=O)(=O)C1CCCC(=O)C1. The van der Waals surface area contributed by atoms with E-state index in [1.807, 2.05) is 13.8 Å². The van der Waals surface area contributed by atoms with E-state index >= 15 is 0 Å². The fourth-order valence-electron chi connectivity index (χ4n) is 1.95. The van der Waals surface area contributed by atoms with Crippen LogP contribution in [0.15, 0.2) is 0 Å². The van der Waals surface area contributed by atoms with Crippen molar-refractivity contribution in [3.63, 3.8) is 0 Å². The van der Waals surface area contributed by atoms with Crippen LogP contribution < -0.4 is 0 Å². The molecule has 15 heavy (non-hydrogen) atoms. The first-order valence-electron chi connectivity index (χ1n) is 5.60. The molecule has 1 rings (SSSR count). The van der Waals surface area contributed by atoms with Crippen molar-refractivity contribution in [2.45, 2.75) is 57.0 Å². The molecule has 88 valence electrons. The van der Waals surface area contributed by atoms with E-state index < -0.39 is 15.1 Å². The van der Waals surface area contributed by atoms with Gasteiger partial charge in [0.1, 0.15) is 5.78 Å². The largest absolute Gasteiger partial charge is 0.300 e. The second kappa shape index (κ2) is 4.64. The number of hydrogen-bond donors (Lipinski definition) is 0. The molecule has 2 atom stereocenters. The molecular formula is C11H20O3S. The van der Waals surface area contributed by atoms with Gasteiger partial charge in [-0.25, -0.2) is 8.42 Å². The number of rotatable bonds is 3. The number of sulfone groups is 1. The zero-order chi connectivity index (χ0) is 11.6. The number of carbonyl (C=O) groups is 1. The van der Waals surface area contributed by atoms with Gasteiger partial charge in [-0.15, -0.1) is 0 Å². The second-order valence-electron chi connectivity index (χ2n) is 4.80. The van der Waals surface area contributed by atoms with Crippen molar-refractivity contribution in [2.75, 3.05) is 0 Å². The van der Waals surface area contributed by atoms with Crippen molar-refractivity contribution in [3.05, 3.63) is 0 Å². The topological polar surface area (TPSA) is 51.2 Å². The molecule has 0 bridgehead atoms. The van der Waals surface area contributed by atoms with Crippen LogP contribution >= 0.6 is 0 Å². The Morgan fingerprint density at radius 3 is 2.33 bits per heavy atom. The van der Waals surface area contributed by atoms with Crippen molar-refractivity contribution in [1.29, 1.82) is 0 Å². The number of ketones is 1. The van der Waals surface area contributed by atoms with Crippen LogP contribution in [-0.4, -0.2) is 24.7 Å². The van der Waals surface area contributed by atoms with Crippen molar-refractivity contribution in [1.82, 2.24) is 0 Å². The van der Waals surface area contributed by atoms with E-state index in [2.05, 4.69) is 0 Å². The summed E-state index contributed by atoms with van der Waals surface area (Å²) < 4.78 is 24.2. The standard InChI is InChI=1S/C11H20O3S/c1-8(2)9(3)15(13,14)11-6-4-5-10(12)7-11/h8-9,11H,4-7H2,1-3H3. The first-order chi connectivity index (χ1) is 6.85. The lowest BCUT2D eigenvalue weighted by Gasteiger charge is -2.26. The Kier molecular flexibility index (Phi) is 3.93. The smallest absolute Gasteiger partial charge is 0.156 e. The Hall–Kier alpha value is -0.380. The van der Waals surface area contributed by atoms with E-state index in [0.29, 0.717) is 12.8 Å². The van der Waals surface area contributed by atoms with Crippen LogP contribution in [-0.2, 0) is 14.6 Å². The third-order valence-electron chi connectivity index (χ3n) is 3.36. The normalized spacial score (nSPS) is 25.6. The van der Waals surface area contributed by atoms with Crippen LogP contribution in [0.3, 0.4) is 0 Å². The Bertz CT molecular complexity index is 330. The fourth-order valence-corrected chi connectivity index (χ4v) is 4.23. The summed E-state index contributed by atoms with van der Waals surface area (Å²) >= 11 is 0. The minimum absolute atomic E-state index is 0.103. The van der Waals surface area contributed by atoms with E-state index in [9.17, 15) is 13.2 Å². The van der Waals surface area contributed by atoms with Crippen LogP contribution in [0.25, 0.3) is 0 Å². The van der Waals surface area contributed by atoms with Gasteiger partial charge in [-0.2, -0.15) is 0 Å². The summed E-state index contributed by atoms with van der Waals surface area (Å²) in [6.07, 6.45) is 2.18. The lowest BCUT2D eigenvalue weighted by molar-refractivity contribution is -0.120. The lowest BCUT2D eigenvalue weighted by Crippen LogP contribution is -2.36. The molecule has 0 saturated heterocycles. The number of carbonyl (C=O) groups excluding carboxylic acids is 1. The van der Waals surface area contributed by atoms with Crippen molar-refractivity contribution in [3.8, 4) is 0 Å². The highest BCUT2D eigenvalue weighted by atomic mass is 32.2. The van der Waals surface area contributed by atoms with Crippen LogP contribution in [0, 0.1) is 5.92 Å². The van der Waals surface area contributed by atoms with E-state index in [1.165, 1.54) is 0 Å². The highest BCUT2D eigenvalue weighted by Gasteiger charge is 2.35. The molecule has 1 aliphatic carbocycles. The first kappa shape index (κ1) is 12.7. The summed E-state index contributed by atoms with van der Waals surface area (Å²) in [7, 11) is -3.12. The number of hydrogen-bond acceptors (Lipinski definition) is 3. The van der Waals surface area contributed by atoms with Crippen LogP contribution in [0.4, 0.5) is 0 Å². The first-order valence-corrected chi connectivity index (χ1v) is 7.21. The van der Waals surface area contributed by atoms with Gasteiger partial charge in [0.25, 0.3) is 0 Å². The Labute approximate surface area is 92.2 Å². The summed E-state index contributed by atoms with van der Waals surface area (Å²) in [5, 5.41) is -0.760. The summed E-state index contributed by atoms with van der Waals surface area (Å²) in [6, 6.07) is 0. The van der Waals surface area contributed by atoms with Crippen molar-refractivity contribution in [2.24, 2.45) is 5.92 Å². The molecule has 0 aromatic heterocycles. The molecule has 1 saturated carbocycles. The third kappa shape index (κ3) is 2.80. The zero-order valence-electron chi connectivity index (χ0n) is 9.69. The molecule has 0 aromatic rings. The van der Waals surface area contributed by atoms with Gasteiger partial charge in [-0.05, 0) is 25.7 Å². The quantitative estimate of drug-likeness (QED) is 0.747. The summed E-state index contributed by atoms with van der Waals surface area (Å²) in [5.41, 5.74) is 0. The third-order valence-corrected chi connectivity index (χ3v) is 6.27. The number of Topliss-reactive ketones (excluding diaryl/α,β-unsaturated/α-hetero) is 1. The average Bonchev–Trinajstić information content (AvgIpc) is 2.16. The lowest BCUT2D eigenvalue weighted by atomic mass is 9.99. The second-order valence-corrected chi connectivity index (χ2v) is 7.38. The molecule has 1 aliphatic rings. The van der Waals surface area contributed by atoms with Crippen molar-refractivity contribution >= 4 is 15.6 Å². The predicted molar refractivity (Wildman–Crippen MR) is 60.5 cm³/mol. The highest BCUT2D eigenvalue weighted by molar-refractivity contribution is 7.92. The molecule has 0 N–H and O–H groups in total. The molecule has 0 amide bonds. The van der Waals surface area contributed by atoms with Gasteiger partial charge in [-0.1, -0.05) is 13.8 Å². The fraction of sp³-hybridized carbons (Fsp3) is 0.909. The summed E-state index contributed by atoms with van der Waals surface area (Å²) in [5.74, 6) is 0.220. The molecule has 4 heteroatoms. The molecule has 3 nitrogen and oxygen atoms in total. The Balaban J connectivity index is 2.81. The maximum atomic E-state index is 12.1. The monoisotopic (exact) mass is 232 g/mol. The minimum atomic E-state index is -3.12. The van der Waals surface area contributed by atoms with Crippen LogP contribution in [0.5, 0.6) is 0 Å². The molecular weight excluding hydrogens is 212 g/mol.